The molecule has 2 amide bonds. The average molecular weight is 449 g/mol. The van der Waals surface area contributed by atoms with Gasteiger partial charge in [0.2, 0.25) is 0 Å². The molecule has 3 aromatic carbocycles. The molecule has 0 spiro atoms. The highest BCUT2D eigenvalue weighted by molar-refractivity contribution is 9.10. The van der Waals surface area contributed by atoms with E-state index in [0.29, 0.717) is 11.3 Å². The first-order chi connectivity index (χ1) is 13.9. The van der Waals surface area contributed by atoms with E-state index < -0.39 is 0 Å². The summed E-state index contributed by atoms with van der Waals surface area (Å²) in [5, 5.41) is 5.60. The molecule has 0 saturated heterocycles. The van der Waals surface area contributed by atoms with Crippen LogP contribution in [0.5, 0.6) is 0 Å². The summed E-state index contributed by atoms with van der Waals surface area (Å²) in [4.78, 5) is 25.6. The lowest BCUT2D eigenvalue weighted by atomic mass is 10.1. The van der Waals surface area contributed by atoms with E-state index in [-0.39, 0.29) is 17.5 Å². The Morgan fingerprint density at radius 3 is 2.21 bits per heavy atom. The Morgan fingerprint density at radius 1 is 0.862 bits per heavy atom. The molecule has 0 unspecified atom stereocenters. The van der Waals surface area contributed by atoms with Gasteiger partial charge in [-0.2, -0.15) is 0 Å². The first-order valence-corrected chi connectivity index (χ1v) is 9.93. The van der Waals surface area contributed by atoms with Crippen LogP contribution in [0.25, 0.3) is 6.08 Å². The zero-order valence-corrected chi connectivity index (χ0v) is 17.8. The minimum Gasteiger partial charge on any atom is -0.321 e. The van der Waals surface area contributed by atoms with Crippen LogP contribution in [-0.2, 0) is 4.79 Å². The van der Waals surface area contributed by atoms with Crippen LogP contribution in [0.2, 0.25) is 0 Å². The van der Waals surface area contributed by atoms with Crippen molar-refractivity contribution in [2.45, 2.75) is 13.8 Å². The van der Waals surface area contributed by atoms with E-state index in [1.54, 1.807) is 18.2 Å². The molecule has 0 bridgehead atoms. The van der Waals surface area contributed by atoms with Gasteiger partial charge < -0.3 is 10.6 Å². The maximum absolute atomic E-state index is 12.9. The van der Waals surface area contributed by atoms with Crippen LogP contribution in [0.3, 0.4) is 0 Å². The molecule has 0 fully saturated rings. The molecule has 0 aromatic heterocycles. The third-order valence-electron chi connectivity index (χ3n) is 4.26. The van der Waals surface area contributed by atoms with Gasteiger partial charge >= 0.3 is 0 Å². The normalized spacial score (nSPS) is 11.1. The Bertz CT molecular complexity index is 1050. The van der Waals surface area contributed by atoms with Crippen molar-refractivity contribution in [1.82, 2.24) is 5.32 Å². The summed E-state index contributed by atoms with van der Waals surface area (Å²) in [6.07, 6.45) is 1.66. The van der Waals surface area contributed by atoms with Gasteiger partial charge in [0.1, 0.15) is 5.70 Å². The zero-order chi connectivity index (χ0) is 20.8. The molecule has 0 heterocycles. The van der Waals surface area contributed by atoms with E-state index in [1.165, 1.54) is 0 Å². The fourth-order valence-electron chi connectivity index (χ4n) is 2.70. The Labute approximate surface area is 178 Å². The first kappa shape index (κ1) is 20.6. The third-order valence-corrected chi connectivity index (χ3v) is 4.79. The van der Waals surface area contributed by atoms with Crippen molar-refractivity contribution in [2.75, 3.05) is 5.32 Å². The summed E-state index contributed by atoms with van der Waals surface area (Å²) in [5.74, 6) is -0.730. The SMILES string of the molecule is Cc1ccc(C(=O)N/C(=C/c2ccc(Br)cc2)C(=O)Nc2cccc(C)c2)cc1. The number of amides is 2. The maximum atomic E-state index is 12.9. The van der Waals surface area contributed by atoms with Gasteiger partial charge in [0.25, 0.3) is 11.8 Å². The number of halogens is 1. The molecule has 146 valence electrons. The molecule has 29 heavy (non-hydrogen) atoms. The number of hydrogen-bond acceptors (Lipinski definition) is 2. The molecule has 2 N–H and O–H groups in total. The lowest BCUT2D eigenvalue weighted by Gasteiger charge is -2.12. The molecule has 3 aromatic rings. The highest BCUT2D eigenvalue weighted by atomic mass is 79.9. The summed E-state index contributed by atoms with van der Waals surface area (Å²) in [6.45, 7) is 3.91. The minimum atomic E-state index is -0.390. The third kappa shape index (κ3) is 5.90. The second kappa shape index (κ2) is 9.34. The fraction of sp³-hybridized carbons (Fsp3) is 0.0833. The van der Waals surface area contributed by atoms with Crippen LogP contribution in [0.4, 0.5) is 5.69 Å². The molecule has 0 aliphatic carbocycles. The second-order valence-electron chi connectivity index (χ2n) is 6.75. The zero-order valence-electron chi connectivity index (χ0n) is 16.2. The molecule has 5 heteroatoms. The summed E-state index contributed by atoms with van der Waals surface area (Å²) >= 11 is 3.40. The number of carbonyl (C=O) groups is 2. The summed E-state index contributed by atoms with van der Waals surface area (Å²) < 4.78 is 0.934. The van der Waals surface area contributed by atoms with Gasteiger partial charge in [0.15, 0.2) is 0 Å². The number of benzene rings is 3. The molecule has 0 aliphatic rings. The van der Waals surface area contributed by atoms with Crippen LogP contribution < -0.4 is 10.6 Å². The van der Waals surface area contributed by atoms with Gasteiger partial charge in [0, 0.05) is 15.7 Å². The van der Waals surface area contributed by atoms with Crippen molar-refractivity contribution in [2.24, 2.45) is 0 Å². The lowest BCUT2D eigenvalue weighted by molar-refractivity contribution is -0.113. The Kier molecular flexibility index (Phi) is 6.62. The topological polar surface area (TPSA) is 58.2 Å². The summed E-state index contributed by atoms with van der Waals surface area (Å²) in [7, 11) is 0. The van der Waals surface area contributed by atoms with Gasteiger partial charge in [-0.05, 0) is 67.4 Å². The molecule has 4 nitrogen and oxygen atoms in total. The van der Waals surface area contributed by atoms with Crippen LogP contribution in [0, 0.1) is 13.8 Å². The van der Waals surface area contributed by atoms with E-state index >= 15 is 0 Å². The molecule has 0 saturated carbocycles. The number of anilines is 1. The first-order valence-electron chi connectivity index (χ1n) is 9.14. The van der Waals surface area contributed by atoms with Gasteiger partial charge in [-0.15, -0.1) is 0 Å². The van der Waals surface area contributed by atoms with Crippen molar-refractivity contribution in [3.05, 3.63) is 105 Å². The standard InChI is InChI=1S/C24H21BrN2O2/c1-16-6-10-19(11-7-16)23(28)27-22(15-18-8-12-20(25)13-9-18)24(29)26-21-5-3-4-17(2)14-21/h3-15H,1-2H3,(H,26,29)(H,27,28)/b22-15+. The van der Waals surface area contributed by atoms with Gasteiger partial charge in [-0.1, -0.05) is 57.9 Å². The smallest absolute Gasteiger partial charge is 0.272 e. The van der Waals surface area contributed by atoms with E-state index in [0.717, 1.165) is 21.2 Å². The van der Waals surface area contributed by atoms with Gasteiger partial charge in [-0.25, -0.2) is 0 Å². The Balaban J connectivity index is 1.88. The summed E-state index contributed by atoms with van der Waals surface area (Å²) in [6, 6.07) is 22.2. The van der Waals surface area contributed by atoms with Crippen LogP contribution >= 0.6 is 15.9 Å². The van der Waals surface area contributed by atoms with E-state index in [4.69, 9.17) is 0 Å². The Hall–Kier alpha value is -3.18. The highest BCUT2D eigenvalue weighted by Crippen LogP contribution is 2.15. The summed E-state index contributed by atoms with van der Waals surface area (Å²) in [5.41, 5.74) is 4.21. The van der Waals surface area contributed by atoms with Gasteiger partial charge in [-0.3, -0.25) is 9.59 Å². The minimum absolute atomic E-state index is 0.166. The number of hydrogen-bond donors (Lipinski definition) is 2. The van der Waals surface area contributed by atoms with Crippen LogP contribution in [0.15, 0.2) is 83.0 Å². The van der Waals surface area contributed by atoms with Crippen molar-refractivity contribution >= 4 is 39.5 Å². The number of carbonyl (C=O) groups excluding carboxylic acids is 2. The predicted molar refractivity (Wildman–Crippen MR) is 121 cm³/mol. The van der Waals surface area contributed by atoms with E-state index in [2.05, 4.69) is 26.6 Å². The molecule has 3 rings (SSSR count). The number of nitrogens with one attached hydrogen (secondary N) is 2. The van der Waals surface area contributed by atoms with Gasteiger partial charge in [0.05, 0.1) is 0 Å². The number of aryl methyl sites for hydroxylation is 2. The molecule has 0 radical (unpaired) electrons. The van der Waals surface area contributed by atoms with E-state index in [9.17, 15) is 9.59 Å². The monoisotopic (exact) mass is 448 g/mol. The molecule has 0 atom stereocenters. The average Bonchev–Trinajstić information content (AvgIpc) is 2.69. The fourth-order valence-corrected chi connectivity index (χ4v) is 2.97. The second-order valence-corrected chi connectivity index (χ2v) is 7.67. The van der Waals surface area contributed by atoms with Crippen molar-refractivity contribution < 1.29 is 9.59 Å². The van der Waals surface area contributed by atoms with Crippen molar-refractivity contribution in [3.63, 3.8) is 0 Å². The quantitative estimate of drug-likeness (QED) is 0.507. The lowest BCUT2D eigenvalue weighted by Crippen LogP contribution is -2.30. The highest BCUT2D eigenvalue weighted by Gasteiger charge is 2.15. The number of rotatable bonds is 5. The maximum Gasteiger partial charge on any atom is 0.272 e. The van der Waals surface area contributed by atoms with Crippen LogP contribution in [-0.4, -0.2) is 11.8 Å². The molecule has 0 aliphatic heterocycles. The van der Waals surface area contributed by atoms with Crippen LogP contribution in [0.1, 0.15) is 27.0 Å². The Morgan fingerprint density at radius 2 is 1.55 bits per heavy atom. The molecular formula is C24H21BrN2O2. The largest absolute Gasteiger partial charge is 0.321 e. The van der Waals surface area contributed by atoms with Crippen molar-refractivity contribution in [3.8, 4) is 0 Å². The van der Waals surface area contributed by atoms with Crippen molar-refractivity contribution in [1.29, 1.82) is 0 Å². The molecular weight excluding hydrogens is 428 g/mol. The van der Waals surface area contributed by atoms with E-state index in [1.807, 2.05) is 74.5 Å². The predicted octanol–water partition coefficient (Wildman–Crippen LogP) is 5.48.